The summed E-state index contributed by atoms with van der Waals surface area (Å²) in [7, 11) is 0. The molecule has 0 saturated carbocycles. The Bertz CT molecular complexity index is 1260. The Morgan fingerprint density at radius 3 is 0.910 bits per heavy atom. The molecule has 2 atom stereocenters. The predicted octanol–water partition coefficient (Wildman–Crippen LogP) is 22.7. The first-order valence-corrected chi connectivity index (χ1v) is 35.3. The molecular weight excluding hydrogens is 959 g/mol. The van der Waals surface area contributed by atoms with Gasteiger partial charge in [-0.15, -0.1) is 0 Å². The van der Waals surface area contributed by atoms with Crippen molar-refractivity contribution < 1.29 is 24.5 Å². The second kappa shape index (κ2) is 67.6. The Morgan fingerprint density at radius 2 is 0.603 bits per heavy atom. The van der Waals surface area contributed by atoms with Crippen LogP contribution in [-0.4, -0.2) is 47.4 Å². The lowest BCUT2D eigenvalue weighted by Gasteiger charge is -2.20. The topological polar surface area (TPSA) is 95.9 Å². The summed E-state index contributed by atoms with van der Waals surface area (Å²) in [4.78, 5) is 24.6. The zero-order chi connectivity index (χ0) is 56.4. The van der Waals surface area contributed by atoms with Gasteiger partial charge < -0.3 is 20.3 Å². The second-order valence-corrected chi connectivity index (χ2v) is 24.2. The van der Waals surface area contributed by atoms with Crippen LogP contribution in [0, 0.1) is 0 Å². The van der Waals surface area contributed by atoms with Gasteiger partial charge in [-0.25, -0.2) is 0 Å². The summed E-state index contributed by atoms with van der Waals surface area (Å²) in [6.07, 6.45) is 86.6. The van der Waals surface area contributed by atoms with Crippen LogP contribution < -0.4 is 5.32 Å². The summed E-state index contributed by atoms with van der Waals surface area (Å²) in [5.41, 5.74) is 0. The van der Waals surface area contributed by atoms with E-state index >= 15 is 0 Å². The third-order valence-electron chi connectivity index (χ3n) is 16.4. The molecule has 6 heteroatoms. The highest BCUT2D eigenvalue weighted by Crippen LogP contribution is 2.18. The quantitative estimate of drug-likeness (QED) is 0.0320. The van der Waals surface area contributed by atoms with E-state index in [9.17, 15) is 19.8 Å². The standard InChI is InChI=1S/C72H137NO5/c1-3-5-7-9-11-13-15-17-18-19-35-38-42-46-50-54-58-62-66-72(77)78-67-63-59-55-51-47-43-39-36-33-31-29-27-25-23-21-20-22-24-26-28-30-32-34-37-41-45-49-53-57-61-65-71(76)73-69(68-74)70(75)64-60-56-52-48-44-40-16-14-12-10-8-6-4-2/h18-19,21,23,60,64,69-70,74-75H,3-17,20,22,24-59,61-63,65-68H2,1-2H3,(H,73,76)/b19-18-,23-21-,64-60+. The fourth-order valence-corrected chi connectivity index (χ4v) is 11.0. The SMILES string of the molecule is CCCCCCCCC/C=C\CCCCCCCCCC(=O)OCCCCCCCCCCCCCC/C=C\CCCCCCCCCCCCCCCCC(=O)NC(CO)C(O)/C=C/CCCCCCCCCCCCC. The summed E-state index contributed by atoms with van der Waals surface area (Å²) in [5, 5.41) is 23.1. The van der Waals surface area contributed by atoms with Gasteiger partial charge in [0.1, 0.15) is 0 Å². The highest BCUT2D eigenvalue weighted by atomic mass is 16.5. The van der Waals surface area contributed by atoms with E-state index in [1.54, 1.807) is 6.08 Å². The molecule has 0 aromatic rings. The van der Waals surface area contributed by atoms with Crippen molar-refractivity contribution in [1.29, 1.82) is 0 Å². The lowest BCUT2D eigenvalue weighted by atomic mass is 10.0. The minimum atomic E-state index is -0.843. The predicted molar refractivity (Wildman–Crippen MR) is 343 cm³/mol. The zero-order valence-corrected chi connectivity index (χ0v) is 52.7. The fraction of sp³-hybridized carbons (Fsp3) is 0.889. The largest absolute Gasteiger partial charge is 0.466 e. The number of aliphatic hydroxyl groups excluding tert-OH is 2. The van der Waals surface area contributed by atoms with Crippen molar-refractivity contribution >= 4 is 11.9 Å². The van der Waals surface area contributed by atoms with Crippen molar-refractivity contribution in [2.24, 2.45) is 0 Å². The number of hydrogen-bond donors (Lipinski definition) is 3. The van der Waals surface area contributed by atoms with Gasteiger partial charge in [0.05, 0.1) is 25.4 Å². The number of nitrogens with one attached hydrogen (secondary N) is 1. The molecule has 0 spiro atoms. The minimum absolute atomic E-state index is 0.0142. The molecule has 0 aliphatic carbocycles. The van der Waals surface area contributed by atoms with Crippen molar-refractivity contribution in [3.05, 3.63) is 36.5 Å². The second-order valence-electron chi connectivity index (χ2n) is 24.2. The first-order chi connectivity index (χ1) is 38.5. The molecule has 0 heterocycles. The molecule has 0 radical (unpaired) electrons. The highest BCUT2D eigenvalue weighted by Gasteiger charge is 2.18. The summed E-state index contributed by atoms with van der Waals surface area (Å²) in [6.45, 7) is 4.92. The Kier molecular flexibility index (Phi) is 65.9. The molecule has 0 aliphatic rings. The van der Waals surface area contributed by atoms with Gasteiger partial charge in [0.25, 0.3) is 0 Å². The lowest BCUT2D eigenvalue weighted by molar-refractivity contribution is -0.143. The Balaban J connectivity index is 3.36. The summed E-state index contributed by atoms with van der Waals surface area (Å²) < 4.78 is 5.50. The lowest BCUT2D eigenvalue weighted by Crippen LogP contribution is -2.45. The number of allylic oxidation sites excluding steroid dienone is 5. The van der Waals surface area contributed by atoms with E-state index in [4.69, 9.17) is 4.74 Å². The first kappa shape index (κ1) is 76.1. The number of hydrogen-bond acceptors (Lipinski definition) is 5. The van der Waals surface area contributed by atoms with E-state index in [0.717, 1.165) is 44.9 Å². The first-order valence-electron chi connectivity index (χ1n) is 35.3. The van der Waals surface area contributed by atoms with Gasteiger partial charge in [-0.3, -0.25) is 9.59 Å². The van der Waals surface area contributed by atoms with Crippen LogP contribution in [0.2, 0.25) is 0 Å². The number of unbranched alkanes of at least 4 members (excludes halogenated alkanes) is 51. The third kappa shape index (κ3) is 63.3. The number of rotatable bonds is 66. The monoisotopic (exact) mass is 1100 g/mol. The van der Waals surface area contributed by atoms with Crippen molar-refractivity contribution in [3.63, 3.8) is 0 Å². The van der Waals surface area contributed by atoms with Crippen LogP contribution in [0.15, 0.2) is 36.5 Å². The van der Waals surface area contributed by atoms with Crippen LogP contribution in [0.25, 0.3) is 0 Å². The van der Waals surface area contributed by atoms with Crippen LogP contribution in [-0.2, 0) is 14.3 Å². The van der Waals surface area contributed by atoms with Crippen LogP contribution in [0.5, 0.6) is 0 Å². The Morgan fingerprint density at radius 1 is 0.346 bits per heavy atom. The molecule has 0 aromatic carbocycles. The zero-order valence-electron chi connectivity index (χ0n) is 52.7. The van der Waals surface area contributed by atoms with Crippen molar-refractivity contribution in [1.82, 2.24) is 5.32 Å². The van der Waals surface area contributed by atoms with E-state index in [-0.39, 0.29) is 18.5 Å². The van der Waals surface area contributed by atoms with Gasteiger partial charge in [0.15, 0.2) is 0 Å². The molecule has 0 aliphatic heterocycles. The molecule has 0 aromatic heterocycles. The molecular formula is C72H137NO5. The number of amides is 1. The number of esters is 1. The minimum Gasteiger partial charge on any atom is -0.466 e. The van der Waals surface area contributed by atoms with E-state index < -0.39 is 12.1 Å². The van der Waals surface area contributed by atoms with Gasteiger partial charge in [-0.1, -0.05) is 326 Å². The molecule has 0 saturated heterocycles. The summed E-state index contributed by atoms with van der Waals surface area (Å²) >= 11 is 0. The number of ether oxygens (including phenoxy) is 1. The van der Waals surface area contributed by atoms with Gasteiger partial charge in [0.2, 0.25) is 5.91 Å². The summed E-state index contributed by atoms with van der Waals surface area (Å²) in [5.74, 6) is -0.0511. The average molecular weight is 1100 g/mol. The van der Waals surface area contributed by atoms with E-state index in [1.165, 1.54) is 315 Å². The van der Waals surface area contributed by atoms with Crippen LogP contribution >= 0.6 is 0 Å². The van der Waals surface area contributed by atoms with Gasteiger partial charge in [-0.05, 0) is 83.5 Å². The molecule has 0 bridgehead atoms. The fourth-order valence-electron chi connectivity index (χ4n) is 11.0. The molecule has 1 amide bonds. The molecule has 6 nitrogen and oxygen atoms in total. The molecule has 460 valence electrons. The Labute approximate surface area is 487 Å². The number of carbonyl (C=O) groups excluding carboxylic acids is 2. The van der Waals surface area contributed by atoms with E-state index in [1.807, 2.05) is 6.08 Å². The van der Waals surface area contributed by atoms with Crippen LogP contribution in [0.4, 0.5) is 0 Å². The average Bonchev–Trinajstić information content (AvgIpc) is 3.44. The van der Waals surface area contributed by atoms with Gasteiger partial charge >= 0.3 is 5.97 Å². The third-order valence-corrected chi connectivity index (χ3v) is 16.4. The maximum Gasteiger partial charge on any atom is 0.305 e. The molecule has 2 unspecified atom stereocenters. The van der Waals surface area contributed by atoms with E-state index in [2.05, 4.69) is 43.5 Å². The highest BCUT2D eigenvalue weighted by molar-refractivity contribution is 5.76. The normalized spacial score (nSPS) is 12.7. The number of carbonyl (C=O) groups is 2. The molecule has 78 heavy (non-hydrogen) atoms. The number of aliphatic hydroxyl groups is 2. The van der Waals surface area contributed by atoms with Gasteiger partial charge in [-0.2, -0.15) is 0 Å². The smallest absolute Gasteiger partial charge is 0.305 e. The molecule has 0 fully saturated rings. The van der Waals surface area contributed by atoms with Crippen molar-refractivity contribution in [2.45, 2.75) is 398 Å². The Hall–Kier alpha value is -1.92. The van der Waals surface area contributed by atoms with Crippen molar-refractivity contribution in [3.8, 4) is 0 Å². The van der Waals surface area contributed by atoms with Gasteiger partial charge in [0, 0.05) is 12.8 Å². The molecule has 3 N–H and O–H groups in total. The van der Waals surface area contributed by atoms with Crippen molar-refractivity contribution in [2.75, 3.05) is 13.2 Å². The van der Waals surface area contributed by atoms with Crippen LogP contribution in [0.1, 0.15) is 386 Å². The summed E-state index contributed by atoms with van der Waals surface area (Å²) in [6, 6.07) is -0.626. The van der Waals surface area contributed by atoms with E-state index in [0.29, 0.717) is 19.4 Å². The maximum atomic E-state index is 12.5. The maximum absolute atomic E-state index is 12.5. The molecule has 0 rings (SSSR count). The van der Waals surface area contributed by atoms with Crippen LogP contribution in [0.3, 0.4) is 0 Å².